The first kappa shape index (κ1) is 17.5. The number of rotatable bonds is 7. The predicted molar refractivity (Wildman–Crippen MR) is 80.8 cm³/mol. The third-order valence-electron chi connectivity index (χ3n) is 2.91. The van der Waals surface area contributed by atoms with Crippen molar-refractivity contribution < 1.29 is 17.6 Å². The molecule has 0 saturated carbocycles. The fourth-order valence-corrected chi connectivity index (χ4v) is 3.29. The Bertz CT molecular complexity index is 660. The number of sulfonamides is 1. The maximum absolute atomic E-state index is 12.1. The van der Waals surface area contributed by atoms with Crippen LogP contribution in [0.25, 0.3) is 0 Å². The van der Waals surface area contributed by atoms with Crippen LogP contribution in [0.1, 0.15) is 13.3 Å². The summed E-state index contributed by atoms with van der Waals surface area (Å²) in [4.78, 5) is 9.65. The zero-order chi connectivity index (χ0) is 16.2. The van der Waals surface area contributed by atoms with E-state index >= 15 is 0 Å². The van der Waals surface area contributed by atoms with Crippen LogP contribution in [-0.2, 0) is 20.8 Å². The van der Waals surface area contributed by atoms with Gasteiger partial charge in [0.2, 0.25) is 10.0 Å². The highest BCUT2D eigenvalue weighted by atomic mass is 32.2. The fourth-order valence-electron chi connectivity index (χ4n) is 1.59. The highest BCUT2D eigenvalue weighted by Crippen LogP contribution is 2.29. The number of hydrogen-bond donors (Lipinski definition) is 2. The molecule has 1 aromatic rings. The van der Waals surface area contributed by atoms with Crippen molar-refractivity contribution in [3.05, 3.63) is 28.3 Å². The molecule has 118 valence electrons. The second-order valence-electron chi connectivity index (χ2n) is 4.45. The predicted octanol–water partition coefficient (Wildman–Crippen LogP) is 0.612. The van der Waals surface area contributed by atoms with Gasteiger partial charge in [0.1, 0.15) is 5.69 Å². The number of nitrogens with one attached hydrogen (secondary N) is 1. The van der Waals surface area contributed by atoms with E-state index in [9.17, 15) is 22.7 Å². The molecule has 0 heterocycles. The molecule has 0 fully saturated rings. The van der Waals surface area contributed by atoms with Crippen molar-refractivity contribution in [1.82, 2.24) is 4.72 Å². The maximum Gasteiger partial charge on any atom is 0.312 e. The Kier molecular flexibility index (Phi) is 5.81. The van der Waals surface area contributed by atoms with Gasteiger partial charge in [-0.05, 0) is 18.6 Å². The van der Waals surface area contributed by atoms with Gasteiger partial charge in [-0.25, -0.2) is 13.1 Å². The summed E-state index contributed by atoms with van der Waals surface area (Å²) in [5.74, 6) is 0. The Morgan fingerprint density at radius 2 is 2.10 bits per heavy atom. The largest absolute Gasteiger partial charge is 0.393 e. The van der Waals surface area contributed by atoms with Gasteiger partial charge < -0.3 is 5.73 Å². The second-order valence-corrected chi connectivity index (χ2v) is 7.98. The highest BCUT2D eigenvalue weighted by molar-refractivity contribution is 7.89. The van der Waals surface area contributed by atoms with E-state index in [1.54, 1.807) is 6.92 Å². The van der Waals surface area contributed by atoms with Crippen molar-refractivity contribution in [1.29, 1.82) is 0 Å². The molecule has 0 aromatic heterocycles. The SMILES string of the molecule is CC(CCNS(=O)(=O)c1cccc(N)c1[N+](=O)[O-])S(C)=O. The van der Waals surface area contributed by atoms with Crippen LogP contribution in [0.5, 0.6) is 0 Å². The standard InChI is InChI=1S/C11H17N3O5S2/c1-8(20(2)17)6-7-13-21(18,19)10-5-3-4-9(12)11(10)14(15)16/h3-5,8,13H,6-7,12H2,1-2H3. The first-order valence-electron chi connectivity index (χ1n) is 6.01. The fraction of sp³-hybridized carbons (Fsp3) is 0.455. The summed E-state index contributed by atoms with van der Waals surface area (Å²) < 4.78 is 37.7. The number of benzene rings is 1. The molecule has 0 aliphatic rings. The number of anilines is 1. The van der Waals surface area contributed by atoms with E-state index < -0.39 is 36.3 Å². The van der Waals surface area contributed by atoms with Crippen molar-refractivity contribution in [3.63, 3.8) is 0 Å². The molecule has 1 aromatic carbocycles. The van der Waals surface area contributed by atoms with Crippen molar-refractivity contribution in [2.45, 2.75) is 23.5 Å². The second kappa shape index (κ2) is 6.96. The van der Waals surface area contributed by atoms with Crippen LogP contribution in [-0.4, -0.2) is 35.6 Å². The average molecular weight is 335 g/mol. The van der Waals surface area contributed by atoms with E-state index in [4.69, 9.17) is 5.73 Å². The van der Waals surface area contributed by atoms with Crippen molar-refractivity contribution in [2.75, 3.05) is 18.5 Å². The Labute approximate surface area is 125 Å². The van der Waals surface area contributed by atoms with Crippen LogP contribution < -0.4 is 10.5 Å². The molecule has 3 N–H and O–H groups in total. The zero-order valence-corrected chi connectivity index (χ0v) is 13.2. The molecule has 10 heteroatoms. The third-order valence-corrected chi connectivity index (χ3v) is 5.77. The van der Waals surface area contributed by atoms with Gasteiger partial charge in [-0.1, -0.05) is 13.0 Å². The van der Waals surface area contributed by atoms with Crippen LogP contribution in [0.15, 0.2) is 23.1 Å². The maximum atomic E-state index is 12.1. The number of hydrogen-bond acceptors (Lipinski definition) is 6. The summed E-state index contributed by atoms with van der Waals surface area (Å²) in [6.07, 6.45) is 1.89. The molecule has 0 aliphatic carbocycles. The monoisotopic (exact) mass is 335 g/mol. The summed E-state index contributed by atoms with van der Waals surface area (Å²) in [6.45, 7) is 1.77. The molecule has 0 bridgehead atoms. The van der Waals surface area contributed by atoms with Crippen LogP contribution in [0.2, 0.25) is 0 Å². The first-order chi connectivity index (χ1) is 9.66. The molecule has 1 rings (SSSR count). The first-order valence-corrected chi connectivity index (χ1v) is 9.12. The average Bonchev–Trinajstić information content (AvgIpc) is 2.37. The molecular formula is C11H17N3O5S2. The Morgan fingerprint density at radius 1 is 1.48 bits per heavy atom. The lowest BCUT2D eigenvalue weighted by Crippen LogP contribution is -2.28. The molecule has 0 spiro atoms. The molecular weight excluding hydrogens is 318 g/mol. The van der Waals surface area contributed by atoms with Crippen LogP contribution in [0.4, 0.5) is 11.4 Å². The van der Waals surface area contributed by atoms with Gasteiger partial charge in [0.25, 0.3) is 0 Å². The molecule has 0 amide bonds. The van der Waals surface area contributed by atoms with E-state index in [0.717, 1.165) is 6.07 Å². The van der Waals surface area contributed by atoms with Gasteiger partial charge in [0, 0.05) is 28.9 Å². The number of nitro groups is 1. The summed E-state index contributed by atoms with van der Waals surface area (Å²) in [5.41, 5.74) is 4.60. The summed E-state index contributed by atoms with van der Waals surface area (Å²) in [6, 6.07) is 3.72. The van der Waals surface area contributed by atoms with E-state index in [2.05, 4.69) is 4.72 Å². The Balaban J connectivity index is 2.97. The molecule has 21 heavy (non-hydrogen) atoms. The number of nitrogen functional groups attached to an aromatic ring is 1. The van der Waals surface area contributed by atoms with E-state index in [0.29, 0.717) is 6.42 Å². The molecule has 2 atom stereocenters. The lowest BCUT2D eigenvalue weighted by molar-refractivity contribution is -0.386. The van der Waals surface area contributed by atoms with Crippen LogP contribution in [0.3, 0.4) is 0 Å². The number of nitro benzene ring substituents is 1. The lowest BCUT2D eigenvalue weighted by Gasteiger charge is -2.10. The van der Waals surface area contributed by atoms with Gasteiger partial charge in [-0.3, -0.25) is 14.3 Å². The number of nitrogens with zero attached hydrogens (tertiary/aromatic N) is 1. The third kappa shape index (κ3) is 4.48. The molecule has 8 nitrogen and oxygen atoms in total. The topological polar surface area (TPSA) is 132 Å². The smallest absolute Gasteiger partial charge is 0.312 e. The van der Waals surface area contributed by atoms with Gasteiger partial charge in [0.15, 0.2) is 4.90 Å². The Morgan fingerprint density at radius 3 is 2.62 bits per heavy atom. The number of para-hydroxylation sites is 1. The van der Waals surface area contributed by atoms with Gasteiger partial charge in [0.05, 0.1) is 4.92 Å². The van der Waals surface area contributed by atoms with Gasteiger partial charge >= 0.3 is 5.69 Å². The Hall–Kier alpha value is -1.52. The van der Waals surface area contributed by atoms with E-state index in [-0.39, 0.29) is 17.5 Å². The summed E-state index contributed by atoms with van der Waals surface area (Å²) in [7, 11) is -5.11. The number of nitrogens with two attached hydrogens (primary N) is 1. The van der Waals surface area contributed by atoms with E-state index in [1.807, 2.05) is 0 Å². The summed E-state index contributed by atoms with van der Waals surface area (Å²) >= 11 is 0. The molecule has 2 unspecified atom stereocenters. The normalized spacial score (nSPS) is 14.6. The quantitative estimate of drug-likeness (QED) is 0.426. The lowest BCUT2D eigenvalue weighted by atomic mass is 10.3. The van der Waals surface area contributed by atoms with Crippen LogP contribution in [0, 0.1) is 10.1 Å². The zero-order valence-electron chi connectivity index (χ0n) is 11.6. The molecule has 0 saturated heterocycles. The molecule has 0 radical (unpaired) electrons. The van der Waals surface area contributed by atoms with E-state index in [1.165, 1.54) is 18.4 Å². The van der Waals surface area contributed by atoms with Gasteiger partial charge in [-0.15, -0.1) is 0 Å². The van der Waals surface area contributed by atoms with Crippen molar-refractivity contribution >= 4 is 32.2 Å². The van der Waals surface area contributed by atoms with Crippen molar-refractivity contribution in [3.8, 4) is 0 Å². The van der Waals surface area contributed by atoms with Crippen LogP contribution >= 0.6 is 0 Å². The van der Waals surface area contributed by atoms with Crippen molar-refractivity contribution in [2.24, 2.45) is 0 Å². The minimum Gasteiger partial charge on any atom is -0.393 e. The van der Waals surface area contributed by atoms with Gasteiger partial charge in [-0.2, -0.15) is 0 Å². The highest BCUT2D eigenvalue weighted by Gasteiger charge is 2.27. The minimum atomic E-state index is -4.05. The minimum absolute atomic E-state index is 0.0367. The summed E-state index contributed by atoms with van der Waals surface area (Å²) in [5, 5.41) is 10.8. The molecule has 0 aliphatic heterocycles.